The molecule has 0 radical (unpaired) electrons. The van der Waals surface area contributed by atoms with E-state index in [0.717, 1.165) is 18.7 Å². The summed E-state index contributed by atoms with van der Waals surface area (Å²) in [6, 6.07) is 9.69. The van der Waals surface area contributed by atoms with E-state index in [1.165, 1.54) is 25.1 Å². The van der Waals surface area contributed by atoms with E-state index in [1.807, 2.05) is 12.1 Å². The fourth-order valence-electron chi connectivity index (χ4n) is 2.72. The van der Waals surface area contributed by atoms with Crippen LogP contribution in [0.4, 0.5) is 0 Å². The third kappa shape index (κ3) is 4.51. The monoisotopic (exact) mass is 262 g/mol. The zero-order valence-corrected chi connectivity index (χ0v) is 12.4. The molecule has 106 valence electrons. The number of hydrogen-bond acceptors (Lipinski definition) is 3. The Morgan fingerprint density at radius 2 is 2.05 bits per heavy atom. The lowest BCUT2D eigenvalue weighted by atomic mass is 10.1. The lowest BCUT2D eigenvalue weighted by Gasteiger charge is -2.18. The number of nitrogens with zero attached hydrogens (tertiary/aromatic N) is 1. The van der Waals surface area contributed by atoms with Crippen LogP contribution in [0.3, 0.4) is 0 Å². The van der Waals surface area contributed by atoms with Gasteiger partial charge in [0.1, 0.15) is 5.75 Å². The van der Waals surface area contributed by atoms with Crippen molar-refractivity contribution in [3.63, 3.8) is 0 Å². The Balaban J connectivity index is 1.73. The molecular formula is C16H26N2O. The van der Waals surface area contributed by atoms with E-state index in [-0.39, 0.29) is 0 Å². The molecule has 1 heterocycles. The standard InChI is InChI=1S/C16H26N2O/c1-13(2)17-15-9-11-18(12-15)10-8-14-4-6-16(19-3)7-5-14/h4-7,13,15,17H,8-12H2,1-3H3. The predicted octanol–water partition coefficient (Wildman–Crippen LogP) is 2.31. The van der Waals surface area contributed by atoms with Gasteiger partial charge in [0.15, 0.2) is 0 Å². The minimum atomic E-state index is 0.589. The predicted molar refractivity (Wildman–Crippen MR) is 79.8 cm³/mol. The van der Waals surface area contributed by atoms with Gasteiger partial charge >= 0.3 is 0 Å². The minimum Gasteiger partial charge on any atom is -0.497 e. The Hall–Kier alpha value is -1.06. The number of methoxy groups -OCH3 is 1. The van der Waals surface area contributed by atoms with Gasteiger partial charge in [0.2, 0.25) is 0 Å². The lowest BCUT2D eigenvalue weighted by molar-refractivity contribution is 0.328. The van der Waals surface area contributed by atoms with Gasteiger partial charge in [0, 0.05) is 25.2 Å². The molecule has 0 aliphatic carbocycles. The van der Waals surface area contributed by atoms with E-state index in [1.54, 1.807) is 7.11 Å². The van der Waals surface area contributed by atoms with Crippen molar-refractivity contribution in [2.45, 2.75) is 38.8 Å². The molecule has 1 N–H and O–H groups in total. The van der Waals surface area contributed by atoms with Gasteiger partial charge in [0.05, 0.1) is 7.11 Å². The summed E-state index contributed by atoms with van der Waals surface area (Å²) in [6.07, 6.45) is 2.40. The van der Waals surface area contributed by atoms with Crippen molar-refractivity contribution in [3.05, 3.63) is 29.8 Å². The van der Waals surface area contributed by atoms with Crippen LogP contribution < -0.4 is 10.1 Å². The largest absolute Gasteiger partial charge is 0.497 e. The maximum Gasteiger partial charge on any atom is 0.118 e. The lowest BCUT2D eigenvalue weighted by Crippen LogP contribution is -2.37. The van der Waals surface area contributed by atoms with Crippen LogP contribution >= 0.6 is 0 Å². The Kier molecular flexibility index (Phi) is 5.23. The van der Waals surface area contributed by atoms with Gasteiger partial charge in [-0.05, 0) is 37.1 Å². The number of hydrogen-bond donors (Lipinski definition) is 1. The highest BCUT2D eigenvalue weighted by Crippen LogP contribution is 2.14. The molecule has 0 aromatic heterocycles. The Bertz CT molecular complexity index is 375. The van der Waals surface area contributed by atoms with Crippen molar-refractivity contribution in [3.8, 4) is 5.75 Å². The van der Waals surface area contributed by atoms with Gasteiger partial charge in [-0.1, -0.05) is 26.0 Å². The molecule has 1 aromatic rings. The highest BCUT2D eigenvalue weighted by Gasteiger charge is 2.21. The van der Waals surface area contributed by atoms with Crippen molar-refractivity contribution >= 4 is 0 Å². The highest BCUT2D eigenvalue weighted by atomic mass is 16.5. The fourth-order valence-corrected chi connectivity index (χ4v) is 2.72. The topological polar surface area (TPSA) is 24.5 Å². The average molecular weight is 262 g/mol. The maximum absolute atomic E-state index is 5.18. The molecule has 1 fully saturated rings. The van der Waals surface area contributed by atoms with Crippen LogP contribution in [0.2, 0.25) is 0 Å². The summed E-state index contributed by atoms with van der Waals surface area (Å²) in [5.74, 6) is 0.936. The van der Waals surface area contributed by atoms with Gasteiger partial charge < -0.3 is 15.0 Å². The first kappa shape index (κ1) is 14.4. The first-order chi connectivity index (χ1) is 9.17. The number of ether oxygens (including phenoxy) is 1. The summed E-state index contributed by atoms with van der Waals surface area (Å²) in [5, 5.41) is 3.63. The molecule has 1 saturated heterocycles. The molecule has 0 bridgehead atoms. The van der Waals surface area contributed by atoms with Gasteiger partial charge in [0.25, 0.3) is 0 Å². The van der Waals surface area contributed by atoms with E-state index in [4.69, 9.17) is 4.74 Å². The molecule has 0 spiro atoms. The summed E-state index contributed by atoms with van der Waals surface area (Å²) < 4.78 is 5.18. The molecule has 3 heteroatoms. The van der Waals surface area contributed by atoms with Gasteiger partial charge in [-0.3, -0.25) is 0 Å². The molecule has 1 atom stereocenters. The fraction of sp³-hybridized carbons (Fsp3) is 0.625. The molecule has 3 nitrogen and oxygen atoms in total. The first-order valence-electron chi connectivity index (χ1n) is 7.28. The quantitative estimate of drug-likeness (QED) is 0.851. The maximum atomic E-state index is 5.18. The molecule has 2 rings (SSSR count). The van der Waals surface area contributed by atoms with Crippen molar-refractivity contribution < 1.29 is 4.74 Å². The van der Waals surface area contributed by atoms with Gasteiger partial charge in [-0.15, -0.1) is 0 Å². The van der Waals surface area contributed by atoms with Crippen LogP contribution in [0.5, 0.6) is 5.75 Å². The second-order valence-corrected chi connectivity index (χ2v) is 5.71. The zero-order chi connectivity index (χ0) is 13.7. The summed E-state index contributed by atoms with van der Waals surface area (Å²) in [5.41, 5.74) is 1.39. The highest BCUT2D eigenvalue weighted by molar-refractivity contribution is 5.27. The average Bonchev–Trinajstić information content (AvgIpc) is 2.84. The smallest absolute Gasteiger partial charge is 0.118 e. The van der Waals surface area contributed by atoms with Crippen LogP contribution in [-0.2, 0) is 6.42 Å². The molecule has 1 aliphatic heterocycles. The Morgan fingerprint density at radius 1 is 1.32 bits per heavy atom. The van der Waals surface area contributed by atoms with E-state index < -0.39 is 0 Å². The van der Waals surface area contributed by atoms with Crippen LogP contribution in [0.25, 0.3) is 0 Å². The minimum absolute atomic E-state index is 0.589. The van der Waals surface area contributed by atoms with E-state index in [9.17, 15) is 0 Å². The molecular weight excluding hydrogens is 236 g/mol. The molecule has 19 heavy (non-hydrogen) atoms. The Morgan fingerprint density at radius 3 is 2.68 bits per heavy atom. The molecule has 1 aromatic carbocycles. The summed E-state index contributed by atoms with van der Waals surface area (Å²) in [6.45, 7) is 8.01. The van der Waals surface area contributed by atoms with Crippen molar-refractivity contribution in [2.24, 2.45) is 0 Å². The summed E-state index contributed by atoms with van der Waals surface area (Å²) >= 11 is 0. The normalized spacial score (nSPS) is 20.1. The first-order valence-corrected chi connectivity index (χ1v) is 7.28. The second kappa shape index (κ2) is 6.92. The number of rotatable bonds is 6. The SMILES string of the molecule is COc1ccc(CCN2CCC(NC(C)C)C2)cc1. The third-order valence-electron chi connectivity index (χ3n) is 3.72. The van der Waals surface area contributed by atoms with E-state index in [2.05, 4.69) is 36.2 Å². The van der Waals surface area contributed by atoms with E-state index in [0.29, 0.717) is 12.1 Å². The molecule has 0 saturated carbocycles. The molecule has 1 unspecified atom stereocenters. The number of benzene rings is 1. The Labute approximate surface area is 116 Å². The van der Waals surface area contributed by atoms with E-state index >= 15 is 0 Å². The van der Waals surface area contributed by atoms with Gasteiger partial charge in [-0.25, -0.2) is 0 Å². The van der Waals surface area contributed by atoms with Crippen LogP contribution in [-0.4, -0.2) is 43.7 Å². The number of likely N-dealkylation sites (tertiary alicyclic amines) is 1. The van der Waals surface area contributed by atoms with Crippen LogP contribution in [0.15, 0.2) is 24.3 Å². The second-order valence-electron chi connectivity index (χ2n) is 5.71. The molecule has 0 amide bonds. The third-order valence-corrected chi connectivity index (χ3v) is 3.72. The summed E-state index contributed by atoms with van der Waals surface area (Å²) in [7, 11) is 1.71. The van der Waals surface area contributed by atoms with Gasteiger partial charge in [-0.2, -0.15) is 0 Å². The van der Waals surface area contributed by atoms with Crippen molar-refractivity contribution in [1.29, 1.82) is 0 Å². The summed E-state index contributed by atoms with van der Waals surface area (Å²) in [4.78, 5) is 2.56. The zero-order valence-electron chi connectivity index (χ0n) is 12.4. The molecule has 1 aliphatic rings. The van der Waals surface area contributed by atoms with Crippen molar-refractivity contribution in [2.75, 3.05) is 26.7 Å². The number of nitrogens with one attached hydrogen (secondary N) is 1. The van der Waals surface area contributed by atoms with Crippen molar-refractivity contribution in [1.82, 2.24) is 10.2 Å². The van der Waals surface area contributed by atoms with Crippen LogP contribution in [0.1, 0.15) is 25.8 Å². The van der Waals surface area contributed by atoms with Crippen LogP contribution in [0, 0.1) is 0 Å².